The molecule has 0 spiro atoms. The summed E-state index contributed by atoms with van der Waals surface area (Å²) >= 11 is 1.73. The van der Waals surface area contributed by atoms with E-state index in [0.717, 1.165) is 43.4 Å². The minimum atomic E-state index is 0.865. The van der Waals surface area contributed by atoms with Crippen molar-refractivity contribution in [2.75, 3.05) is 43.4 Å². The number of rotatable bonds is 5. The molecule has 5 heteroatoms. The van der Waals surface area contributed by atoms with E-state index in [1.807, 2.05) is 23.7 Å². The van der Waals surface area contributed by atoms with Crippen LogP contribution in [0.25, 0.3) is 0 Å². The molecule has 0 amide bonds. The van der Waals surface area contributed by atoms with Crippen molar-refractivity contribution in [3.05, 3.63) is 41.4 Å². The Hall–Kier alpha value is -1.59. The molecule has 0 atom stereocenters. The van der Waals surface area contributed by atoms with Gasteiger partial charge >= 0.3 is 0 Å². The molecule has 1 aliphatic rings. The molecule has 0 unspecified atom stereocenters. The largest absolute Gasteiger partial charge is 0.399 e. The molecule has 2 aromatic rings. The second-order valence-electron chi connectivity index (χ2n) is 5.49. The Morgan fingerprint density at radius 3 is 2.76 bits per heavy atom. The number of piperazine rings is 1. The zero-order chi connectivity index (χ0) is 14.5. The van der Waals surface area contributed by atoms with Crippen molar-refractivity contribution >= 4 is 22.2 Å². The van der Waals surface area contributed by atoms with E-state index in [4.69, 9.17) is 5.73 Å². The first kappa shape index (κ1) is 14.4. The van der Waals surface area contributed by atoms with Gasteiger partial charge in [-0.05, 0) is 37.1 Å². The van der Waals surface area contributed by atoms with Crippen LogP contribution in [0.1, 0.15) is 12.0 Å². The topological polar surface area (TPSA) is 45.4 Å². The van der Waals surface area contributed by atoms with Gasteiger partial charge in [0.25, 0.3) is 0 Å². The average molecular weight is 302 g/mol. The van der Waals surface area contributed by atoms with Gasteiger partial charge in [-0.25, -0.2) is 4.98 Å². The second kappa shape index (κ2) is 6.91. The lowest BCUT2D eigenvalue weighted by atomic mass is 10.1. The number of nitrogen functional groups attached to an aromatic ring is 1. The zero-order valence-corrected chi connectivity index (χ0v) is 13.1. The van der Waals surface area contributed by atoms with Gasteiger partial charge in [-0.1, -0.05) is 12.1 Å². The van der Waals surface area contributed by atoms with Gasteiger partial charge in [-0.2, -0.15) is 0 Å². The molecular weight excluding hydrogens is 280 g/mol. The molecule has 2 N–H and O–H groups in total. The standard InChI is InChI=1S/C16H22N4S/c17-15-5-1-3-14(13-15)4-2-7-19-8-10-20(11-9-19)16-18-6-12-21-16/h1,3,5-6,12-13H,2,4,7-11,17H2. The minimum Gasteiger partial charge on any atom is -0.399 e. The minimum absolute atomic E-state index is 0.865. The van der Waals surface area contributed by atoms with Crippen LogP contribution in [-0.2, 0) is 6.42 Å². The number of hydrogen-bond donors (Lipinski definition) is 1. The van der Waals surface area contributed by atoms with Gasteiger partial charge in [0.1, 0.15) is 0 Å². The predicted molar refractivity (Wildman–Crippen MR) is 89.9 cm³/mol. The Labute approximate surface area is 130 Å². The zero-order valence-electron chi connectivity index (χ0n) is 12.2. The smallest absolute Gasteiger partial charge is 0.185 e. The Bertz CT molecular complexity index is 547. The first-order chi connectivity index (χ1) is 10.3. The molecule has 0 bridgehead atoms. The Morgan fingerprint density at radius 2 is 2.05 bits per heavy atom. The third-order valence-electron chi connectivity index (χ3n) is 3.95. The second-order valence-corrected chi connectivity index (χ2v) is 6.36. The van der Waals surface area contributed by atoms with Gasteiger partial charge in [-0.3, -0.25) is 4.90 Å². The molecule has 0 radical (unpaired) electrons. The lowest BCUT2D eigenvalue weighted by Gasteiger charge is -2.34. The van der Waals surface area contributed by atoms with Crippen molar-refractivity contribution in [1.29, 1.82) is 0 Å². The fourth-order valence-corrected chi connectivity index (χ4v) is 3.49. The lowest BCUT2D eigenvalue weighted by Crippen LogP contribution is -2.46. The van der Waals surface area contributed by atoms with E-state index in [2.05, 4.69) is 26.9 Å². The molecule has 1 aromatic heterocycles. The van der Waals surface area contributed by atoms with Crippen LogP contribution in [-0.4, -0.2) is 42.6 Å². The van der Waals surface area contributed by atoms with Crippen molar-refractivity contribution in [2.24, 2.45) is 0 Å². The molecule has 0 saturated carbocycles. The third kappa shape index (κ3) is 3.95. The SMILES string of the molecule is Nc1cccc(CCCN2CCN(c3nccs3)CC2)c1. The molecule has 1 fully saturated rings. The molecule has 21 heavy (non-hydrogen) atoms. The molecule has 0 aliphatic carbocycles. The van der Waals surface area contributed by atoms with E-state index in [9.17, 15) is 0 Å². The van der Waals surface area contributed by atoms with E-state index in [1.54, 1.807) is 11.3 Å². The van der Waals surface area contributed by atoms with Crippen LogP contribution >= 0.6 is 11.3 Å². The number of benzene rings is 1. The normalized spacial score (nSPS) is 16.3. The summed E-state index contributed by atoms with van der Waals surface area (Å²) in [6.45, 7) is 5.62. The summed E-state index contributed by atoms with van der Waals surface area (Å²) in [7, 11) is 0. The Kier molecular flexibility index (Phi) is 4.72. The fraction of sp³-hybridized carbons (Fsp3) is 0.438. The number of nitrogens with zero attached hydrogens (tertiary/aromatic N) is 3. The number of thiazole rings is 1. The van der Waals surface area contributed by atoms with Crippen LogP contribution in [0.3, 0.4) is 0 Å². The number of aromatic nitrogens is 1. The predicted octanol–water partition coefficient (Wildman–Crippen LogP) is 2.48. The molecular formula is C16H22N4S. The number of nitrogens with two attached hydrogens (primary N) is 1. The van der Waals surface area contributed by atoms with Crippen LogP contribution in [0.5, 0.6) is 0 Å². The molecule has 4 nitrogen and oxygen atoms in total. The number of aryl methyl sites for hydroxylation is 1. The van der Waals surface area contributed by atoms with E-state index < -0.39 is 0 Å². The first-order valence-electron chi connectivity index (χ1n) is 7.52. The van der Waals surface area contributed by atoms with Gasteiger partial charge in [-0.15, -0.1) is 11.3 Å². The van der Waals surface area contributed by atoms with Crippen LogP contribution in [0.2, 0.25) is 0 Å². The molecule has 2 heterocycles. The Morgan fingerprint density at radius 1 is 1.19 bits per heavy atom. The molecule has 3 rings (SSSR count). The molecule has 112 valence electrons. The third-order valence-corrected chi connectivity index (χ3v) is 4.79. The summed E-state index contributed by atoms with van der Waals surface area (Å²) in [5.41, 5.74) is 8.02. The summed E-state index contributed by atoms with van der Waals surface area (Å²) in [5, 5.41) is 3.21. The van der Waals surface area contributed by atoms with E-state index in [-0.39, 0.29) is 0 Å². The van der Waals surface area contributed by atoms with Crippen molar-refractivity contribution in [3.63, 3.8) is 0 Å². The Balaban J connectivity index is 1.40. The van der Waals surface area contributed by atoms with Crippen LogP contribution in [0.4, 0.5) is 10.8 Å². The summed E-state index contributed by atoms with van der Waals surface area (Å²) in [6.07, 6.45) is 4.19. The van der Waals surface area contributed by atoms with Crippen molar-refractivity contribution in [1.82, 2.24) is 9.88 Å². The molecule has 1 aromatic carbocycles. The highest BCUT2D eigenvalue weighted by atomic mass is 32.1. The van der Waals surface area contributed by atoms with Crippen molar-refractivity contribution in [2.45, 2.75) is 12.8 Å². The van der Waals surface area contributed by atoms with E-state index in [0.29, 0.717) is 0 Å². The van der Waals surface area contributed by atoms with Gasteiger partial charge in [0, 0.05) is 43.4 Å². The summed E-state index contributed by atoms with van der Waals surface area (Å²) < 4.78 is 0. The van der Waals surface area contributed by atoms with Crippen LogP contribution in [0.15, 0.2) is 35.8 Å². The van der Waals surface area contributed by atoms with Crippen LogP contribution < -0.4 is 10.6 Å². The quantitative estimate of drug-likeness (QED) is 0.862. The number of hydrogen-bond acceptors (Lipinski definition) is 5. The highest BCUT2D eigenvalue weighted by Crippen LogP contribution is 2.19. The van der Waals surface area contributed by atoms with Gasteiger partial charge < -0.3 is 10.6 Å². The highest BCUT2D eigenvalue weighted by Gasteiger charge is 2.17. The highest BCUT2D eigenvalue weighted by molar-refractivity contribution is 7.13. The van der Waals surface area contributed by atoms with Gasteiger partial charge in [0.05, 0.1) is 0 Å². The van der Waals surface area contributed by atoms with Gasteiger partial charge in [0.15, 0.2) is 5.13 Å². The number of anilines is 2. The summed E-state index contributed by atoms with van der Waals surface area (Å²) in [5.74, 6) is 0. The maximum absolute atomic E-state index is 5.81. The van der Waals surface area contributed by atoms with Crippen molar-refractivity contribution < 1.29 is 0 Å². The maximum Gasteiger partial charge on any atom is 0.185 e. The molecule has 1 aliphatic heterocycles. The summed E-state index contributed by atoms with van der Waals surface area (Å²) in [6, 6.07) is 8.23. The first-order valence-corrected chi connectivity index (χ1v) is 8.40. The lowest BCUT2D eigenvalue weighted by molar-refractivity contribution is 0.255. The van der Waals surface area contributed by atoms with E-state index in [1.165, 1.54) is 18.5 Å². The fourth-order valence-electron chi connectivity index (χ4n) is 2.79. The monoisotopic (exact) mass is 302 g/mol. The summed E-state index contributed by atoms with van der Waals surface area (Å²) in [4.78, 5) is 9.33. The van der Waals surface area contributed by atoms with Gasteiger partial charge in [0.2, 0.25) is 0 Å². The molecule has 1 saturated heterocycles. The van der Waals surface area contributed by atoms with Crippen LogP contribution in [0, 0.1) is 0 Å². The average Bonchev–Trinajstić information content (AvgIpc) is 3.02. The van der Waals surface area contributed by atoms with E-state index >= 15 is 0 Å². The van der Waals surface area contributed by atoms with Crippen molar-refractivity contribution in [3.8, 4) is 0 Å². The maximum atomic E-state index is 5.81.